The molecule has 0 aliphatic heterocycles. The van der Waals surface area contributed by atoms with Crippen molar-refractivity contribution in [1.29, 1.82) is 0 Å². The number of aromatic nitrogens is 2. The van der Waals surface area contributed by atoms with Crippen molar-refractivity contribution < 1.29 is 0 Å². The van der Waals surface area contributed by atoms with Crippen LogP contribution in [0.4, 0.5) is 0 Å². The van der Waals surface area contributed by atoms with Gasteiger partial charge in [-0.15, -0.1) is 0 Å². The molecule has 1 saturated carbocycles. The average molecular weight is 651 g/mol. The first-order valence-corrected chi connectivity index (χ1v) is 18.0. The van der Waals surface area contributed by atoms with Crippen molar-refractivity contribution in [3.05, 3.63) is 188 Å². The van der Waals surface area contributed by atoms with Gasteiger partial charge in [-0.2, -0.15) is 0 Å². The minimum atomic E-state index is 0.725. The Hall–Kier alpha value is -6.38. The molecule has 240 valence electrons. The number of rotatable bonds is 5. The second kappa shape index (κ2) is 11.1. The van der Waals surface area contributed by atoms with Gasteiger partial charge in [0.25, 0.3) is 0 Å². The molecule has 2 nitrogen and oxygen atoms in total. The Morgan fingerprint density at radius 2 is 0.922 bits per heavy atom. The van der Waals surface area contributed by atoms with E-state index in [1.165, 1.54) is 94.8 Å². The van der Waals surface area contributed by atoms with E-state index in [1.54, 1.807) is 0 Å². The smallest absolute Gasteiger partial charge is 0.0541 e. The third kappa shape index (κ3) is 4.57. The van der Waals surface area contributed by atoms with Crippen molar-refractivity contribution in [2.75, 3.05) is 0 Å². The maximum atomic E-state index is 2.47. The molecular formula is C49H34N2. The predicted molar refractivity (Wildman–Crippen MR) is 215 cm³/mol. The zero-order valence-corrected chi connectivity index (χ0v) is 28.1. The summed E-state index contributed by atoms with van der Waals surface area (Å²) >= 11 is 0. The predicted octanol–water partition coefficient (Wildman–Crippen LogP) is 12.8. The van der Waals surface area contributed by atoms with E-state index in [-0.39, 0.29) is 0 Å². The molecule has 0 bridgehead atoms. The van der Waals surface area contributed by atoms with Gasteiger partial charge in [-0.3, -0.25) is 0 Å². The summed E-state index contributed by atoms with van der Waals surface area (Å²) in [5, 5.41) is 5.07. The van der Waals surface area contributed by atoms with Crippen LogP contribution in [0.1, 0.15) is 12.0 Å². The quantitative estimate of drug-likeness (QED) is 0.175. The van der Waals surface area contributed by atoms with Gasteiger partial charge in [0.05, 0.1) is 22.1 Å². The first-order valence-electron chi connectivity index (χ1n) is 18.0. The summed E-state index contributed by atoms with van der Waals surface area (Å²) in [7, 11) is 0. The van der Waals surface area contributed by atoms with Crippen LogP contribution < -0.4 is 0 Å². The van der Waals surface area contributed by atoms with Gasteiger partial charge in [0.2, 0.25) is 0 Å². The van der Waals surface area contributed by atoms with E-state index in [0.717, 1.165) is 11.8 Å². The Balaban J connectivity index is 1.03. The van der Waals surface area contributed by atoms with Crippen LogP contribution in [0, 0.1) is 11.8 Å². The first-order chi connectivity index (χ1) is 25.3. The Morgan fingerprint density at radius 1 is 0.373 bits per heavy atom. The highest BCUT2D eigenvalue weighted by Gasteiger charge is 2.35. The molecule has 7 aromatic carbocycles. The summed E-state index contributed by atoms with van der Waals surface area (Å²) in [6, 6.07) is 60.2. The normalized spacial score (nSPS) is 16.6. The summed E-state index contributed by atoms with van der Waals surface area (Å²) in [4.78, 5) is 0. The van der Waals surface area contributed by atoms with Crippen molar-refractivity contribution in [2.24, 2.45) is 11.8 Å². The summed E-state index contributed by atoms with van der Waals surface area (Å²) < 4.78 is 4.83. The van der Waals surface area contributed by atoms with Crippen LogP contribution >= 0.6 is 0 Å². The summed E-state index contributed by atoms with van der Waals surface area (Å²) in [5.41, 5.74) is 14.8. The lowest BCUT2D eigenvalue weighted by Crippen LogP contribution is -1.96. The number of para-hydroxylation sites is 2. The van der Waals surface area contributed by atoms with Crippen LogP contribution in [-0.2, 0) is 0 Å². The standard InChI is InChI=1S/C49H34N2/c1-2-9-32(10-3-1)33-19-23-40(24-20-33)50-46-15-6-4-13-42(46)44-30-37(21-25-48(44)50)38-22-26-49-45(31-38)43-14-5-7-16-47(43)51(49)41-12-8-11-34(29-41)35-17-18-36-28-39(36)27-35/h1-27,29-31,36,39H,28H2. The number of benzene rings is 7. The highest BCUT2D eigenvalue weighted by molar-refractivity contribution is 6.12. The van der Waals surface area contributed by atoms with Crippen LogP contribution in [0.25, 0.3) is 82.8 Å². The summed E-state index contributed by atoms with van der Waals surface area (Å²) in [5.74, 6) is 1.49. The van der Waals surface area contributed by atoms with Gasteiger partial charge >= 0.3 is 0 Å². The monoisotopic (exact) mass is 650 g/mol. The molecule has 0 radical (unpaired) electrons. The SMILES string of the molecule is C1=CC2CC2C=C1c1cccc(-n2c3ccccc3c3cc(-c4ccc5c(c4)c4ccccc4n5-c4ccc(-c5ccccc5)cc4)ccc32)c1. The van der Waals surface area contributed by atoms with Crippen molar-refractivity contribution in [1.82, 2.24) is 9.13 Å². The van der Waals surface area contributed by atoms with Crippen LogP contribution in [0.3, 0.4) is 0 Å². The lowest BCUT2D eigenvalue weighted by atomic mass is 9.99. The number of allylic oxidation sites excluding steroid dienone is 4. The van der Waals surface area contributed by atoms with Gasteiger partial charge in [-0.25, -0.2) is 0 Å². The number of hydrogen-bond acceptors (Lipinski definition) is 0. The summed E-state index contributed by atoms with van der Waals surface area (Å²) in [6.07, 6.45) is 8.49. The molecule has 11 rings (SSSR count). The molecule has 2 heteroatoms. The van der Waals surface area contributed by atoms with Crippen LogP contribution in [0.2, 0.25) is 0 Å². The lowest BCUT2D eigenvalue weighted by Gasteiger charge is -2.12. The maximum absolute atomic E-state index is 2.47. The fraction of sp³-hybridized carbons (Fsp3) is 0.0612. The van der Waals surface area contributed by atoms with Crippen molar-refractivity contribution in [2.45, 2.75) is 6.42 Å². The molecule has 0 spiro atoms. The van der Waals surface area contributed by atoms with Crippen molar-refractivity contribution >= 4 is 49.2 Å². The molecule has 0 saturated heterocycles. The molecule has 51 heavy (non-hydrogen) atoms. The van der Waals surface area contributed by atoms with E-state index in [4.69, 9.17) is 0 Å². The van der Waals surface area contributed by atoms with Crippen LogP contribution in [0.5, 0.6) is 0 Å². The minimum absolute atomic E-state index is 0.725. The number of nitrogens with zero attached hydrogens (tertiary/aromatic N) is 2. The van der Waals surface area contributed by atoms with E-state index in [1.807, 2.05) is 0 Å². The van der Waals surface area contributed by atoms with E-state index in [0.29, 0.717) is 0 Å². The van der Waals surface area contributed by atoms with Gasteiger partial charge in [0.15, 0.2) is 0 Å². The Morgan fingerprint density at radius 3 is 1.59 bits per heavy atom. The Kier molecular flexibility index (Phi) is 6.17. The zero-order valence-electron chi connectivity index (χ0n) is 28.1. The molecule has 0 N–H and O–H groups in total. The van der Waals surface area contributed by atoms with E-state index in [2.05, 4.69) is 191 Å². The molecule has 9 aromatic rings. The topological polar surface area (TPSA) is 9.86 Å². The van der Waals surface area contributed by atoms with Gasteiger partial charge in [0.1, 0.15) is 0 Å². The fourth-order valence-electron chi connectivity index (χ4n) is 8.47. The first kappa shape index (κ1) is 28.5. The van der Waals surface area contributed by atoms with Crippen LogP contribution in [-0.4, -0.2) is 9.13 Å². The largest absolute Gasteiger partial charge is 0.309 e. The van der Waals surface area contributed by atoms with Gasteiger partial charge < -0.3 is 9.13 Å². The van der Waals surface area contributed by atoms with Gasteiger partial charge in [-0.05, 0) is 112 Å². The fourth-order valence-corrected chi connectivity index (χ4v) is 8.47. The zero-order chi connectivity index (χ0) is 33.5. The molecule has 2 aliphatic carbocycles. The molecule has 0 amide bonds. The second-order valence-electron chi connectivity index (χ2n) is 14.2. The van der Waals surface area contributed by atoms with Gasteiger partial charge in [0, 0.05) is 32.9 Å². The maximum Gasteiger partial charge on any atom is 0.0541 e. The molecule has 1 fully saturated rings. The van der Waals surface area contributed by atoms with Crippen LogP contribution in [0.15, 0.2) is 182 Å². The van der Waals surface area contributed by atoms with Gasteiger partial charge in [-0.1, -0.05) is 121 Å². The molecule has 2 unspecified atom stereocenters. The molecule has 2 atom stereocenters. The number of fused-ring (bicyclic) bond motifs is 7. The molecule has 2 heterocycles. The second-order valence-corrected chi connectivity index (χ2v) is 14.2. The molecule has 2 aromatic heterocycles. The van der Waals surface area contributed by atoms with Crippen molar-refractivity contribution in [3.8, 4) is 33.6 Å². The minimum Gasteiger partial charge on any atom is -0.309 e. The number of hydrogen-bond donors (Lipinski definition) is 0. The molecule has 2 aliphatic rings. The lowest BCUT2D eigenvalue weighted by molar-refractivity contribution is 0.984. The average Bonchev–Trinajstić information content (AvgIpc) is 3.81. The summed E-state index contributed by atoms with van der Waals surface area (Å²) in [6.45, 7) is 0. The van der Waals surface area contributed by atoms with Crippen molar-refractivity contribution in [3.63, 3.8) is 0 Å². The Labute approximate surface area is 296 Å². The molecular weight excluding hydrogens is 617 g/mol. The van der Waals surface area contributed by atoms with E-state index in [9.17, 15) is 0 Å². The third-order valence-electron chi connectivity index (χ3n) is 11.2. The Bertz CT molecular complexity index is 2880. The highest BCUT2D eigenvalue weighted by Crippen LogP contribution is 2.46. The third-order valence-corrected chi connectivity index (χ3v) is 11.2. The van der Waals surface area contributed by atoms with E-state index >= 15 is 0 Å². The van der Waals surface area contributed by atoms with E-state index < -0.39 is 0 Å². The highest BCUT2D eigenvalue weighted by atomic mass is 15.0.